The van der Waals surface area contributed by atoms with E-state index < -0.39 is 0 Å². The Kier molecular flexibility index (Phi) is 8.29. The fourth-order valence-corrected chi connectivity index (χ4v) is 4.48. The molecular formula is C26H27N5O2S. The zero-order valence-electron chi connectivity index (χ0n) is 19.0. The second-order valence-electron chi connectivity index (χ2n) is 7.58. The van der Waals surface area contributed by atoms with E-state index in [4.69, 9.17) is 4.74 Å². The van der Waals surface area contributed by atoms with Gasteiger partial charge in [0.25, 0.3) is 0 Å². The molecule has 8 heteroatoms. The summed E-state index contributed by atoms with van der Waals surface area (Å²) in [4.78, 5) is 12.6. The molecule has 34 heavy (non-hydrogen) atoms. The van der Waals surface area contributed by atoms with E-state index in [1.54, 1.807) is 4.68 Å². The highest BCUT2D eigenvalue weighted by molar-refractivity contribution is 7.99. The van der Waals surface area contributed by atoms with E-state index in [1.807, 2.05) is 67.6 Å². The number of tetrazole rings is 1. The van der Waals surface area contributed by atoms with E-state index in [0.29, 0.717) is 24.1 Å². The Bertz CT molecular complexity index is 1140. The summed E-state index contributed by atoms with van der Waals surface area (Å²) in [6, 6.07) is 28.3. The molecule has 0 unspecified atom stereocenters. The molecule has 1 aromatic heterocycles. The number of benzene rings is 3. The number of para-hydroxylation sites is 2. The van der Waals surface area contributed by atoms with Crippen molar-refractivity contribution in [2.45, 2.75) is 24.4 Å². The maximum Gasteiger partial charge on any atom is 0.230 e. The molecule has 0 saturated carbocycles. The number of thioether (sulfide) groups is 1. The summed E-state index contributed by atoms with van der Waals surface area (Å²) in [5.41, 5.74) is 3.22. The largest absolute Gasteiger partial charge is 0.492 e. The number of ether oxygens (including phenoxy) is 1. The summed E-state index contributed by atoms with van der Waals surface area (Å²) in [6.45, 7) is 3.04. The molecule has 1 N–H and O–H groups in total. The summed E-state index contributed by atoms with van der Waals surface area (Å²) in [7, 11) is 0. The second kappa shape index (κ2) is 12.0. The SMILES string of the molecule is CCOc1ccccc1-n1nnnc1SCC(=O)NCCC(c1ccccc1)c1ccccc1. The molecule has 4 aromatic rings. The average Bonchev–Trinajstić information content (AvgIpc) is 3.35. The van der Waals surface area contributed by atoms with Crippen molar-refractivity contribution in [3.05, 3.63) is 96.1 Å². The molecule has 4 rings (SSSR count). The second-order valence-corrected chi connectivity index (χ2v) is 8.52. The molecule has 7 nitrogen and oxygen atoms in total. The van der Waals surface area contributed by atoms with Gasteiger partial charge in [0.05, 0.1) is 12.4 Å². The first-order chi connectivity index (χ1) is 16.8. The van der Waals surface area contributed by atoms with Gasteiger partial charge < -0.3 is 10.1 Å². The van der Waals surface area contributed by atoms with Crippen molar-refractivity contribution in [3.63, 3.8) is 0 Å². The van der Waals surface area contributed by atoms with Crippen LogP contribution in [0.25, 0.3) is 5.69 Å². The highest BCUT2D eigenvalue weighted by atomic mass is 32.2. The molecule has 0 spiro atoms. The van der Waals surface area contributed by atoms with Gasteiger partial charge in [0.15, 0.2) is 0 Å². The summed E-state index contributed by atoms with van der Waals surface area (Å²) in [5, 5.41) is 15.5. The molecule has 0 atom stereocenters. The summed E-state index contributed by atoms with van der Waals surface area (Å²) < 4.78 is 7.29. The van der Waals surface area contributed by atoms with Crippen molar-refractivity contribution in [1.82, 2.24) is 25.5 Å². The van der Waals surface area contributed by atoms with Gasteiger partial charge in [0.1, 0.15) is 11.4 Å². The third kappa shape index (κ3) is 6.02. The molecule has 1 amide bonds. The molecular weight excluding hydrogens is 446 g/mol. The Morgan fingerprint density at radius 2 is 1.62 bits per heavy atom. The van der Waals surface area contributed by atoms with E-state index >= 15 is 0 Å². The van der Waals surface area contributed by atoms with Gasteiger partial charge in [-0.25, -0.2) is 0 Å². The fraction of sp³-hybridized carbons (Fsp3) is 0.231. The summed E-state index contributed by atoms with van der Waals surface area (Å²) in [6.07, 6.45) is 0.809. The highest BCUT2D eigenvalue weighted by Crippen LogP contribution is 2.28. The first-order valence-electron chi connectivity index (χ1n) is 11.3. The lowest BCUT2D eigenvalue weighted by Gasteiger charge is -2.18. The van der Waals surface area contributed by atoms with Crippen LogP contribution < -0.4 is 10.1 Å². The Morgan fingerprint density at radius 3 is 2.29 bits per heavy atom. The van der Waals surface area contributed by atoms with E-state index in [0.717, 1.165) is 12.1 Å². The predicted molar refractivity (Wildman–Crippen MR) is 133 cm³/mol. The third-order valence-corrected chi connectivity index (χ3v) is 6.24. The molecule has 0 fully saturated rings. The predicted octanol–water partition coefficient (Wildman–Crippen LogP) is 4.49. The lowest BCUT2D eigenvalue weighted by atomic mass is 9.88. The van der Waals surface area contributed by atoms with Crippen LogP contribution >= 0.6 is 11.8 Å². The van der Waals surface area contributed by atoms with Crippen molar-refractivity contribution in [2.75, 3.05) is 18.9 Å². The Balaban J connectivity index is 1.34. The molecule has 3 aromatic carbocycles. The van der Waals surface area contributed by atoms with Crippen LogP contribution in [0.3, 0.4) is 0 Å². The van der Waals surface area contributed by atoms with Gasteiger partial charge in [-0.3, -0.25) is 4.79 Å². The van der Waals surface area contributed by atoms with E-state index in [9.17, 15) is 4.79 Å². The maximum absolute atomic E-state index is 12.6. The van der Waals surface area contributed by atoms with Crippen LogP contribution in [0.15, 0.2) is 90.1 Å². The molecule has 0 aliphatic carbocycles. The Hall–Kier alpha value is -3.65. The molecule has 0 bridgehead atoms. The number of carbonyl (C=O) groups is 1. The maximum atomic E-state index is 12.6. The smallest absolute Gasteiger partial charge is 0.230 e. The number of nitrogens with zero attached hydrogens (tertiary/aromatic N) is 4. The molecule has 174 valence electrons. The molecule has 1 heterocycles. The van der Waals surface area contributed by atoms with E-state index in [2.05, 4.69) is 45.1 Å². The molecule has 0 radical (unpaired) electrons. The van der Waals surface area contributed by atoms with Gasteiger partial charge in [0.2, 0.25) is 11.1 Å². The zero-order chi connectivity index (χ0) is 23.6. The number of nitrogens with one attached hydrogen (secondary N) is 1. The monoisotopic (exact) mass is 473 g/mol. The van der Waals surface area contributed by atoms with Crippen molar-refractivity contribution in [2.24, 2.45) is 0 Å². The summed E-state index contributed by atoms with van der Waals surface area (Å²) >= 11 is 1.29. The standard InChI is InChI=1S/C26H27N5O2S/c1-2-33-24-16-10-9-15-23(24)31-26(28-29-30-31)34-19-25(32)27-18-17-22(20-11-5-3-6-12-20)21-13-7-4-8-14-21/h3-16,22H,2,17-19H2,1H3,(H,27,32). The number of rotatable bonds is 11. The first-order valence-corrected chi connectivity index (χ1v) is 12.2. The van der Waals surface area contributed by atoms with Gasteiger partial charge in [-0.15, -0.1) is 5.10 Å². The Labute approximate surface area is 203 Å². The zero-order valence-corrected chi connectivity index (χ0v) is 19.8. The number of aromatic nitrogens is 4. The highest BCUT2D eigenvalue weighted by Gasteiger charge is 2.16. The molecule has 0 aliphatic rings. The van der Waals surface area contributed by atoms with Crippen LogP contribution in [0.2, 0.25) is 0 Å². The van der Waals surface area contributed by atoms with Gasteiger partial charge in [-0.2, -0.15) is 4.68 Å². The van der Waals surface area contributed by atoms with Gasteiger partial charge in [0, 0.05) is 12.5 Å². The lowest BCUT2D eigenvalue weighted by molar-refractivity contribution is -0.118. The molecule has 0 saturated heterocycles. The number of hydrogen-bond donors (Lipinski definition) is 1. The van der Waals surface area contributed by atoms with Crippen LogP contribution in [0, 0.1) is 0 Å². The lowest BCUT2D eigenvalue weighted by Crippen LogP contribution is -2.27. The van der Waals surface area contributed by atoms with Crippen LogP contribution in [0.1, 0.15) is 30.4 Å². The topological polar surface area (TPSA) is 81.9 Å². The van der Waals surface area contributed by atoms with Crippen LogP contribution in [0.5, 0.6) is 5.75 Å². The minimum Gasteiger partial charge on any atom is -0.492 e. The number of hydrogen-bond acceptors (Lipinski definition) is 6. The van der Waals surface area contributed by atoms with Crippen molar-refractivity contribution < 1.29 is 9.53 Å². The normalized spacial score (nSPS) is 10.9. The van der Waals surface area contributed by atoms with Gasteiger partial charge in [-0.05, 0) is 47.0 Å². The van der Waals surface area contributed by atoms with Gasteiger partial charge >= 0.3 is 0 Å². The minimum atomic E-state index is -0.0579. The quantitative estimate of drug-likeness (QED) is 0.323. The minimum absolute atomic E-state index is 0.0579. The van der Waals surface area contributed by atoms with Crippen LogP contribution in [0.4, 0.5) is 0 Å². The van der Waals surface area contributed by atoms with Crippen molar-refractivity contribution in [1.29, 1.82) is 0 Å². The fourth-order valence-electron chi connectivity index (χ4n) is 3.76. The Morgan fingerprint density at radius 1 is 0.971 bits per heavy atom. The van der Waals surface area contributed by atoms with Crippen molar-refractivity contribution >= 4 is 17.7 Å². The van der Waals surface area contributed by atoms with E-state index in [1.165, 1.54) is 22.9 Å². The number of carbonyl (C=O) groups excluding carboxylic acids is 1. The van der Waals surface area contributed by atoms with Gasteiger partial charge in [-0.1, -0.05) is 84.6 Å². The van der Waals surface area contributed by atoms with Crippen LogP contribution in [-0.4, -0.2) is 45.0 Å². The van der Waals surface area contributed by atoms with Crippen LogP contribution in [-0.2, 0) is 4.79 Å². The number of amides is 1. The first kappa shape index (κ1) is 23.5. The third-order valence-electron chi connectivity index (χ3n) is 5.33. The molecule has 0 aliphatic heterocycles. The van der Waals surface area contributed by atoms with E-state index in [-0.39, 0.29) is 17.6 Å². The summed E-state index contributed by atoms with van der Waals surface area (Å²) in [5.74, 6) is 1.07. The van der Waals surface area contributed by atoms with Crippen molar-refractivity contribution in [3.8, 4) is 11.4 Å². The average molecular weight is 474 g/mol.